The number of hydrogen-bond donors (Lipinski definition) is 2. The summed E-state index contributed by atoms with van der Waals surface area (Å²) < 4.78 is 19.4. The number of aryl methyl sites for hydroxylation is 1. The van der Waals surface area contributed by atoms with Crippen molar-refractivity contribution in [1.82, 2.24) is 5.48 Å². The first kappa shape index (κ1) is 21.4. The van der Waals surface area contributed by atoms with Crippen molar-refractivity contribution in [3.8, 4) is 0 Å². The van der Waals surface area contributed by atoms with Gasteiger partial charge < -0.3 is 10.1 Å². The van der Waals surface area contributed by atoms with E-state index in [1.165, 1.54) is 6.07 Å². The average molecular weight is 421 g/mol. The lowest BCUT2D eigenvalue weighted by Crippen LogP contribution is -2.35. The molecular formula is C21H25FN2O4S. The molecule has 1 aromatic carbocycles. The van der Waals surface area contributed by atoms with Gasteiger partial charge in [-0.1, -0.05) is 19.9 Å². The molecule has 0 saturated carbocycles. The molecule has 3 rings (SSSR count). The van der Waals surface area contributed by atoms with E-state index in [4.69, 9.17) is 9.57 Å². The van der Waals surface area contributed by atoms with E-state index in [1.54, 1.807) is 39.8 Å². The van der Waals surface area contributed by atoms with Crippen LogP contribution in [0.5, 0.6) is 0 Å². The Morgan fingerprint density at radius 1 is 1.31 bits per heavy atom. The van der Waals surface area contributed by atoms with E-state index in [9.17, 15) is 14.0 Å². The molecule has 1 fully saturated rings. The number of benzene rings is 1. The van der Waals surface area contributed by atoms with Crippen LogP contribution in [0.2, 0.25) is 0 Å². The SMILES string of the molecule is Cc1ccc(Nc2sc(C(=O)C(C)C)c(C)c2C(=O)NOCC2COC2)c(F)c1. The Morgan fingerprint density at radius 3 is 2.62 bits per heavy atom. The van der Waals surface area contributed by atoms with Crippen LogP contribution in [0.25, 0.3) is 0 Å². The molecule has 0 unspecified atom stereocenters. The molecule has 2 aromatic rings. The van der Waals surface area contributed by atoms with Crippen LogP contribution < -0.4 is 10.8 Å². The Morgan fingerprint density at radius 2 is 2.03 bits per heavy atom. The fraction of sp³-hybridized carbons (Fsp3) is 0.429. The molecule has 156 valence electrons. The van der Waals surface area contributed by atoms with Crippen LogP contribution in [0.4, 0.5) is 15.1 Å². The van der Waals surface area contributed by atoms with Crippen molar-refractivity contribution >= 4 is 33.7 Å². The summed E-state index contributed by atoms with van der Waals surface area (Å²) >= 11 is 1.15. The minimum atomic E-state index is -0.475. The number of anilines is 2. The molecule has 0 spiro atoms. The summed E-state index contributed by atoms with van der Waals surface area (Å²) in [5.41, 5.74) is 4.30. The number of thiophene rings is 1. The topological polar surface area (TPSA) is 76.7 Å². The van der Waals surface area contributed by atoms with Crippen molar-refractivity contribution in [2.24, 2.45) is 11.8 Å². The average Bonchev–Trinajstić information content (AvgIpc) is 2.94. The maximum atomic E-state index is 14.3. The second-order valence-electron chi connectivity index (χ2n) is 7.53. The predicted molar refractivity (Wildman–Crippen MR) is 110 cm³/mol. The molecule has 0 aliphatic carbocycles. The molecule has 1 aliphatic rings. The maximum absolute atomic E-state index is 14.3. The highest BCUT2D eigenvalue weighted by Gasteiger charge is 2.27. The highest BCUT2D eigenvalue weighted by Crippen LogP contribution is 2.37. The number of carbonyl (C=O) groups excluding carboxylic acids is 2. The number of carbonyl (C=O) groups is 2. The van der Waals surface area contributed by atoms with Crippen molar-refractivity contribution < 1.29 is 23.6 Å². The summed E-state index contributed by atoms with van der Waals surface area (Å²) in [6.45, 7) is 8.69. The molecular weight excluding hydrogens is 395 g/mol. The van der Waals surface area contributed by atoms with E-state index in [-0.39, 0.29) is 28.9 Å². The normalized spacial score (nSPS) is 14.0. The largest absolute Gasteiger partial charge is 0.381 e. The van der Waals surface area contributed by atoms with Crippen molar-refractivity contribution in [2.75, 3.05) is 25.1 Å². The third-order valence-electron chi connectivity index (χ3n) is 4.69. The molecule has 0 bridgehead atoms. The lowest BCUT2D eigenvalue weighted by molar-refractivity contribution is -0.0864. The van der Waals surface area contributed by atoms with Crippen molar-refractivity contribution in [2.45, 2.75) is 27.7 Å². The second-order valence-corrected chi connectivity index (χ2v) is 8.55. The summed E-state index contributed by atoms with van der Waals surface area (Å²) in [6.07, 6.45) is 0. The number of nitrogens with one attached hydrogen (secondary N) is 2. The minimum Gasteiger partial charge on any atom is -0.381 e. The van der Waals surface area contributed by atoms with E-state index in [0.29, 0.717) is 35.3 Å². The summed E-state index contributed by atoms with van der Waals surface area (Å²) in [5, 5.41) is 3.39. The van der Waals surface area contributed by atoms with E-state index in [1.807, 2.05) is 0 Å². The number of hydrogen-bond acceptors (Lipinski definition) is 6. The zero-order valence-corrected chi connectivity index (χ0v) is 17.7. The number of ether oxygens (including phenoxy) is 1. The Labute approximate surface area is 173 Å². The van der Waals surface area contributed by atoms with Gasteiger partial charge in [0, 0.05) is 11.8 Å². The predicted octanol–water partition coefficient (Wildman–Crippen LogP) is 4.39. The molecule has 2 heterocycles. The first-order chi connectivity index (χ1) is 13.8. The summed E-state index contributed by atoms with van der Waals surface area (Å²) in [5.74, 6) is -0.929. The van der Waals surface area contributed by atoms with Crippen LogP contribution >= 0.6 is 11.3 Å². The van der Waals surface area contributed by atoms with Gasteiger partial charge in [-0.25, -0.2) is 9.87 Å². The first-order valence-corrected chi connectivity index (χ1v) is 10.3. The van der Waals surface area contributed by atoms with Gasteiger partial charge in [0.2, 0.25) is 0 Å². The molecule has 29 heavy (non-hydrogen) atoms. The fourth-order valence-electron chi connectivity index (χ4n) is 2.87. The molecule has 1 saturated heterocycles. The number of hydroxylamine groups is 1. The van der Waals surface area contributed by atoms with Gasteiger partial charge >= 0.3 is 0 Å². The number of ketones is 1. The zero-order chi connectivity index (χ0) is 21.1. The zero-order valence-electron chi connectivity index (χ0n) is 16.9. The maximum Gasteiger partial charge on any atom is 0.278 e. The lowest BCUT2D eigenvalue weighted by atomic mass is 10.0. The third-order valence-corrected chi connectivity index (χ3v) is 5.91. The second kappa shape index (κ2) is 9.02. The van der Waals surface area contributed by atoms with E-state index in [0.717, 1.165) is 16.9 Å². The smallest absolute Gasteiger partial charge is 0.278 e. The highest BCUT2D eigenvalue weighted by molar-refractivity contribution is 7.18. The number of amides is 1. The fourth-order valence-corrected chi connectivity index (χ4v) is 4.18. The summed E-state index contributed by atoms with van der Waals surface area (Å²) in [4.78, 5) is 31.2. The summed E-state index contributed by atoms with van der Waals surface area (Å²) in [6, 6.07) is 4.79. The highest BCUT2D eigenvalue weighted by atomic mass is 32.1. The van der Waals surface area contributed by atoms with Gasteiger partial charge in [0.25, 0.3) is 5.91 Å². The molecule has 1 aromatic heterocycles. The van der Waals surface area contributed by atoms with Crippen LogP contribution in [-0.2, 0) is 9.57 Å². The Hall–Kier alpha value is -2.29. The first-order valence-electron chi connectivity index (χ1n) is 9.48. The van der Waals surface area contributed by atoms with Crippen LogP contribution in [-0.4, -0.2) is 31.5 Å². The molecule has 0 atom stereocenters. The number of rotatable bonds is 8. The van der Waals surface area contributed by atoms with Gasteiger partial charge in [-0.05, 0) is 37.1 Å². The Balaban J connectivity index is 1.88. The molecule has 0 radical (unpaired) electrons. The van der Waals surface area contributed by atoms with Crippen LogP contribution in [0.15, 0.2) is 18.2 Å². The molecule has 6 nitrogen and oxygen atoms in total. The van der Waals surface area contributed by atoms with Gasteiger partial charge in [-0.15, -0.1) is 11.3 Å². The molecule has 2 N–H and O–H groups in total. The van der Waals surface area contributed by atoms with Crippen molar-refractivity contribution in [3.05, 3.63) is 45.6 Å². The van der Waals surface area contributed by atoms with Gasteiger partial charge in [0.15, 0.2) is 5.78 Å². The van der Waals surface area contributed by atoms with Gasteiger partial charge in [0.1, 0.15) is 10.8 Å². The number of Topliss-reactive ketones (excluding diaryl/α,β-unsaturated/α-hetero) is 1. The summed E-state index contributed by atoms with van der Waals surface area (Å²) in [7, 11) is 0. The van der Waals surface area contributed by atoms with E-state index >= 15 is 0 Å². The number of halogens is 1. The quantitative estimate of drug-likeness (QED) is 0.489. The van der Waals surface area contributed by atoms with Gasteiger partial charge in [-0.3, -0.25) is 14.4 Å². The lowest BCUT2D eigenvalue weighted by Gasteiger charge is -2.25. The molecule has 1 aliphatic heterocycles. The monoisotopic (exact) mass is 420 g/mol. The third kappa shape index (κ3) is 4.83. The van der Waals surface area contributed by atoms with Crippen molar-refractivity contribution in [3.63, 3.8) is 0 Å². The standard InChI is InChI=1S/C21H25FN2O4S/c1-11(2)18(25)19-13(4)17(20(26)24-28-10-14-8-27-9-14)21(29-19)23-16-6-5-12(3)7-15(16)22/h5-7,11,14,23H,8-10H2,1-4H3,(H,24,26). The van der Waals surface area contributed by atoms with Crippen LogP contribution in [0.1, 0.15) is 45.0 Å². The molecule has 1 amide bonds. The van der Waals surface area contributed by atoms with Gasteiger partial charge in [0.05, 0.1) is 35.9 Å². The Kier molecular flexibility index (Phi) is 6.66. The van der Waals surface area contributed by atoms with Crippen LogP contribution in [0, 0.1) is 31.5 Å². The van der Waals surface area contributed by atoms with Gasteiger partial charge in [-0.2, -0.15) is 0 Å². The van der Waals surface area contributed by atoms with E-state index in [2.05, 4.69) is 10.8 Å². The minimum absolute atomic E-state index is 0.0634. The molecule has 8 heteroatoms. The van der Waals surface area contributed by atoms with Crippen molar-refractivity contribution in [1.29, 1.82) is 0 Å². The van der Waals surface area contributed by atoms with E-state index < -0.39 is 11.7 Å². The Bertz CT molecular complexity index is 922. The van der Waals surface area contributed by atoms with Crippen LogP contribution in [0.3, 0.4) is 0 Å².